The van der Waals surface area contributed by atoms with Crippen LogP contribution in [0.1, 0.15) is 21.5 Å². The summed E-state index contributed by atoms with van der Waals surface area (Å²) in [4.78, 5) is 24.3. The Balaban J connectivity index is 1.98. The van der Waals surface area contributed by atoms with E-state index < -0.39 is 0 Å². The van der Waals surface area contributed by atoms with Gasteiger partial charge in [0.2, 0.25) is 0 Å². The lowest BCUT2D eigenvalue weighted by atomic mass is 10.1. The summed E-state index contributed by atoms with van der Waals surface area (Å²) in [6.45, 7) is 4.10. The molecule has 0 radical (unpaired) electrons. The van der Waals surface area contributed by atoms with Crippen LogP contribution in [0.25, 0.3) is 17.0 Å². The van der Waals surface area contributed by atoms with Gasteiger partial charge in [0.05, 0.1) is 5.52 Å². The molecule has 3 nitrogen and oxygen atoms in total. The maximum absolute atomic E-state index is 12.5. The summed E-state index contributed by atoms with van der Waals surface area (Å²) < 4.78 is 1.49. The van der Waals surface area contributed by atoms with Crippen molar-refractivity contribution in [3.8, 4) is 0 Å². The highest BCUT2D eigenvalue weighted by Gasteiger charge is 2.06. The number of pyridine rings is 1. The van der Waals surface area contributed by atoms with Crippen LogP contribution in [0.4, 0.5) is 0 Å². The number of carbonyl (C=O) groups excluding carboxylic acids is 1. The Morgan fingerprint density at radius 2 is 1.78 bits per heavy atom. The molecule has 0 saturated carbocycles. The predicted molar refractivity (Wildman–Crippen MR) is 93.8 cm³/mol. The topological polar surface area (TPSA) is 39.1 Å². The number of carbonyl (C=O) groups is 1. The Morgan fingerprint density at radius 3 is 2.57 bits per heavy atom. The highest BCUT2D eigenvalue weighted by molar-refractivity contribution is 5.99. The van der Waals surface area contributed by atoms with Gasteiger partial charge in [-0.3, -0.25) is 14.2 Å². The smallest absolute Gasteiger partial charge is 0.255 e. The van der Waals surface area contributed by atoms with Crippen molar-refractivity contribution in [2.24, 2.45) is 0 Å². The molecular weight excluding hydrogens is 286 g/mol. The number of hydrogen-bond acceptors (Lipinski definition) is 2. The van der Waals surface area contributed by atoms with Gasteiger partial charge in [0.1, 0.15) is 0 Å². The van der Waals surface area contributed by atoms with E-state index >= 15 is 0 Å². The van der Waals surface area contributed by atoms with Crippen LogP contribution < -0.4 is 5.43 Å². The second-order valence-electron chi connectivity index (χ2n) is 5.58. The highest BCUT2D eigenvalue weighted by atomic mass is 16.2. The molecule has 2 aromatic carbocycles. The van der Waals surface area contributed by atoms with Crippen molar-refractivity contribution in [1.82, 2.24) is 4.57 Å². The maximum atomic E-state index is 12.5. The largest absolute Gasteiger partial charge is 0.289 e. The molecule has 0 saturated heterocycles. The van der Waals surface area contributed by atoms with Gasteiger partial charge in [-0.25, -0.2) is 0 Å². The number of aryl methyl sites for hydroxylation is 2. The number of para-hydroxylation sites is 1. The molecule has 0 aliphatic heterocycles. The SMILES string of the molecule is Cc1ccc(/C=C/C(=O)n2ccc(=O)c3ccccc32)cc1C. The van der Waals surface area contributed by atoms with Crippen LogP contribution in [0.5, 0.6) is 0 Å². The van der Waals surface area contributed by atoms with E-state index in [1.165, 1.54) is 34.0 Å². The molecule has 0 unspecified atom stereocenters. The summed E-state index contributed by atoms with van der Waals surface area (Å²) in [5, 5.41) is 0.544. The zero-order valence-corrected chi connectivity index (χ0v) is 13.1. The van der Waals surface area contributed by atoms with Crippen LogP contribution >= 0.6 is 0 Å². The van der Waals surface area contributed by atoms with E-state index in [0.29, 0.717) is 10.9 Å². The Labute approximate surface area is 134 Å². The minimum Gasteiger partial charge on any atom is -0.289 e. The third kappa shape index (κ3) is 2.99. The second-order valence-corrected chi connectivity index (χ2v) is 5.58. The zero-order chi connectivity index (χ0) is 16.4. The van der Waals surface area contributed by atoms with Gasteiger partial charge in [-0.05, 0) is 48.7 Å². The van der Waals surface area contributed by atoms with Gasteiger partial charge in [0.15, 0.2) is 5.43 Å². The fourth-order valence-electron chi connectivity index (χ4n) is 2.51. The average molecular weight is 303 g/mol. The average Bonchev–Trinajstić information content (AvgIpc) is 2.56. The molecular formula is C20H17NO2. The van der Waals surface area contributed by atoms with Gasteiger partial charge in [-0.2, -0.15) is 0 Å². The van der Waals surface area contributed by atoms with Crippen LogP contribution in [0, 0.1) is 13.8 Å². The Bertz CT molecular complexity index is 980. The van der Waals surface area contributed by atoms with Crippen molar-refractivity contribution in [3.63, 3.8) is 0 Å². The second kappa shape index (κ2) is 6.05. The van der Waals surface area contributed by atoms with E-state index in [2.05, 4.69) is 6.92 Å². The quantitative estimate of drug-likeness (QED) is 0.672. The Morgan fingerprint density at radius 1 is 1.00 bits per heavy atom. The lowest BCUT2D eigenvalue weighted by Crippen LogP contribution is -2.13. The number of aromatic nitrogens is 1. The lowest BCUT2D eigenvalue weighted by Gasteiger charge is -2.06. The molecule has 0 bridgehead atoms. The van der Waals surface area contributed by atoms with E-state index in [1.54, 1.807) is 24.3 Å². The molecule has 0 aliphatic carbocycles. The first-order valence-corrected chi connectivity index (χ1v) is 7.46. The zero-order valence-electron chi connectivity index (χ0n) is 13.1. The van der Waals surface area contributed by atoms with Crippen LogP contribution in [0.3, 0.4) is 0 Å². The molecule has 0 aliphatic rings. The number of hydrogen-bond donors (Lipinski definition) is 0. The number of fused-ring (bicyclic) bond motifs is 1. The first-order chi connectivity index (χ1) is 11.1. The van der Waals surface area contributed by atoms with E-state index in [-0.39, 0.29) is 11.3 Å². The van der Waals surface area contributed by atoms with Gasteiger partial charge in [-0.1, -0.05) is 30.3 Å². The molecule has 0 N–H and O–H groups in total. The van der Waals surface area contributed by atoms with Gasteiger partial charge < -0.3 is 0 Å². The van der Waals surface area contributed by atoms with Crippen LogP contribution in [-0.4, -0.2) is 10.5 Å². The monoisotopic (exact) mass is 303 g/mol. The summed E-state index contributed by atoms with van der Waals surface area (Å²) in [5.41, 5.74) is 3.93. The van der Waals surface area contributed by atoms with E-state index in [4.69, 9.17) is 0 Å². The van der Waals surface area contributed by atoms with Gasteiger partial charge >= 0.3 is 0 Å². The lowest BCUT2D eigenvalue weighted by molar-refractivity contribution is 0.0974. The standard InChI is InChI=1S/C20H17NO2/c1-14-7-8-16(13-15(14)2)9-10-20(23)21-12-11-19(22)17-5-3-4-6-18(17)21/h3-13H,1-2H3/b10-9+. The first kappa shape index (κ1) is 15.0. The van der Waals surface area contributed by atoms with E-state index in [9.17, 15) is 9.59 Å². The van der Waals surface area contributed by atoms with Crippen LogP contribution in [-0.2, 0) is 0 Å². The van der Waals surface area contributed by atoms with E-state index in [0.717, 1.165) is 5.56 Å². The van der Waals surface area contributed by atoms with Gasteiger partial charge in [0.25, 0.3) is 5.91 Å². The summed E-state index contributed by atoms with van der Waals surface area (Å²) in [5.74, 6) is -0.181. The molecule has 23 heavy (non-hydrogen) atoms. The van der Waals surface area contributed by atoms with Crippen molar-refractivity contribution in [3.05, 3.63) is 87.7 Å². The summed E-state index contributed by atoms with van der Waals surface area (Å²) >= 11 is 0. The molecule has 0 fully saturated rings. The summed E-state index contributed by atoms with van der Waals surface area (Å²) in [6, 6.07) is 14.6. The predicted octanol–water partition coefficient (Wildman–Crippen LogP) is 3.97. The number of nitrogens with zero attached hydrogens (tertiary/aromatic N) is 1. The fraction of sp³-hybridized carbons (Fsp3) is 0.100. The Hall–Kier alpha value is -2.94. The molecule has 1 aromatic heterocycles. The minimum atomic E-state index is -0.181. The fourth-order valence-corrected chi connectivity index (χ4v) is 2.51. The molecule has 3 aromatic rings. The molecule has 1 heterocycles. The first-order valence-electron chi connectivity index (χ1n) is 7.46. The van der Waals surface area contributed by atoms with Crippen molar-refractivity contribution in [2.75, 3.05) is 0 Å². The maximum Gasteiger partial charge on any atom is 0.255 e. The molecule has 0 spiro atoms. The van der Waals surface area contributed by atoms with Crippen molar-refractivity contribution < 1.29 is 4.79 Å². The molecule has 0 amide bonds. The third-order valence-electron chi connectivity index (χ3n) is 3.99. The molecule has 114 valence electrons. The van der Waals surface area contributed by atoms with Crippen molar-refractivity contribution in [2.45, 2.75) is 13.8 Å². The van der Waals surface area contributed by atoms with E-state index in [1.807, 2.05) is 31.2 Å². The molecule has 0 atom stereocenters. The molecule has 3 rings (SSSR count). The van der Waals surface area contributed by atoms with Crippen molar-refractivity contribution >= 4 is 22.9 Å². The minimum absolute atomic E-state index is 0.0808. The highest BCUT2D eigenvalue weighted by Crippen LogP contribution is 2.13. The van der Waals surface area contributed by atoms with Crippen LogP contribution in [0.15, 0.2) is 65.6 Å². The summed E-state index contributed by atoms with van der Waals surface area (Å²) in [7, 11) is 0. The summed E-state index contributed by atoms with van der Waals surface area (Å²) in [6.07, 6.45) is 4.85. The number of rotatable bonds is 2. The molecule has 3 heteroatoms. The number of benzene rings is 2. The Kier molecular flexibility index (Phi) is 3.94. The third-order valence-corrected chi connectivity index (χ3v) is 3.99. The van der Waals surface area contributed by atoms with Crippen LogP contribution in [0.2, 0.25) is 0 Å². The van der Waals surface area contributed by atoms with Gasteiger partial charge in [-0.15, -0.1) is 0 Å². The van der Waals surface area contributed by atoms with Crippen molar-refractivity contribution in [1.29, 1.82) is 0 Å². The van der Waals surface area contributed by atoms with Gasteiger partial charge in [0, 0.05) is 23.7 Å². The normalized spacial score (nSPS) is 11.2. The number of allylic oxidation sites excluding steroid dienone is 1.